The van der Waals surface area contributed by atoms with Gasteiger partial charge in [-0.2, -0.15) is 0 Å². The van der Waals surface area contributed by atoms with E-state index in [1.807, 2.05) is 6.07 Å². The van der Waals surface area contributed by atoms with Gasteiger partial charge in [-0.3, -0.25) is 9.78 Å². The van der Waals surface area contributed by atoms with Crippen molar-refractivity contribution < 1.29 is 10.1 Å². The van der Waals surface area contributed by atoms with Crippen LogP contribution in [-0.4, -0.2) is 47.6 Å². The van der Waals surface area contributed by atoms with E-state index in [1.54, 1.807) is 43.9 Å². The number of halogens is 1. The maximum absolute atomic E-state index is 11.5. The number of rotatable bonds is 5. The van der Waals surface area contributed by atoms with Crippen molar-refractivity contribution in [3.8, 4) is 0 Å². The Labute approximate surface area is 133 Å². The van der Waals surface area contributed by atoms with Gasteiger partial charge in [0.05, 0.1) is 16.6 Å². The molecule has 0 aromatic carbocycles. The summed E-state index contributed by atoms with van der Waals surface area (Å²) in [6.45, 7) is 0.287. The highest BCUT2D eigenvalue weighted by atomic mass is 35.5. The fourth-order valence-corrected chi connectivity index (χ4v) is 1.99. The van der Waals surface area contributed by atoms with E-state index in [2.05, 4.69) is 9.97 Å². The average molecular weight is 319 g/mol. The summed E-state index contributed by atoms with van der Waals surface area (Å²) in [4.78, 5) is 21.6. The Balaban J connectivity index is 2.23. The zero-order chi connectivity index (χ0) is 16.1. The van der Waals surface area contributed by atoms with E-state index in [0.29, 0.717) is 16.2 Å². The number of pyridine rings is 2. The van der Waals surface area contributed by atoms with E-state index >= 15 is 0 Å². The molecule has 2 aromatic heterocycles. The van der Waals surface area contributed by atoms with Crippen LogP contribution in [0.4, 0.5) is 0 Å². The van der Waals surface area contributed by atoms with Gasteiger partial charge < -0.3 is 15.6 Å². The van der Waals surface area contributed by atoms with Crippen molar-refractivity contribution in [1.82, 2.24) is 14.9 Å². The van der Waals surface area contributed by atoms with Crippen LogP contribution in [0.25, 0.3) is 16.6 Å². The van der Waals surface area contributed by atoms with Gasteiger partial charge in [0, 0.05) is 32.1 Å². The molecule has 0 aliphatic carbocycles. The number of nitrogens with zero attached hydrogens (tertiary/aromatic N) is 3. The van der Waals surface area contributed by atoms with Crippen LogP contribution in [0.5, 0.6) is 0 Å². The number of likely N-dealkylation sites (N-methyl/N-ethyl adjacent to an activating group) is 1. The molecule has 1 amide bonds. The second kappa shape index (κ2) is 7.11. The number of aromatic nitrogens is 2. The third kappa shape index (κ3) is 3.87. The van der Waals surface area contributed by atoms with Gasteiger partial charge in [0.25, 0.3) is 5.91 Å². The fourth-order valence-electron chi connectivity index (χ4n) is 1.84. The molecule has 22 heavy (non-hydrogen) atoms. The van der Waals surface area contributed by atoms with Gasteiger partial charge in [-0.15, -0.1) is 0 Å². The number of hydrogen-bond donors (Lipinski definition) is 2. The van der Waals surface area contributed by atoms with E-state index in [0.717, 1.165) is 11.1 Å². The van der Waals surface area contributed by atoms with Gasteiger partial charge in [0.1, 0.15) is 11.4 Å². The topological polar surface area (TPSA) is 86.5 Å². The fraction of sp³-hybridized carbons (Fsp3) is 0.200. The summed E-state index contributed by atoms with van der Waals surface area (Å²) in [5, 5.41) is 9.67. The van der Waals surface area contributed by atoms with Crippen molar-refractivity contribution in [1.29, 1.82) is 5.41 Å². The Hall–Kier alpha value is -2.31. The molecule has 0 unspecified atom stereocenters. The van der Waals surface area contributed by atoms with Crippen LogP contribution in [0.3, 0.4) is 0 Å². The minimum atomic E-state index is 0.00525. The minimum absolute atomic E-state index is 0.00525. The first-order valence-electron chi connectivity index (χ1n) is 6.68. The monoisotopic (exact) mass is 318 g/mol. The third-order valence-electron chi connectivity index (χ3n) is 3.08. The van der Waals surface area contributed by atoms with E-state index in [-0.39, 0.29) is 12.5 Å². The Morgan fingerprint density at radius 3 is 2.86 bits per heavy atom. The Bertz CT molecular complexity index is 742. The molecule has 0 aliphatic rings. The minimum Gasteiger partial charge on any atom is -0.344 e. The van der Waals surface area contributed by atoms with Crippen molar-refractivity contribution in [2.45, 2.75) is 0 Å². The summed E-state index contributed by atoms with van der Waals surface area (Å²) < 4.78 is 0. The van der Waals surface area contributed by atoms with Gasteiger partial charge in [-0.25, -0.2) is 4.98 Å². The quantitative estimate of drug-likeness (QED) is 0.635. The summed E-state index contributed by atoms with van der Waals surface area (Å²) in [6, 6.07) is 5.31. The number of nitrogens with two attached hydrogens (primary N) is 1. The first-order valence-corrected chi connectivity index (χ1v) is 7.06. The SMILES string of the molecule is CN(C)C(=O)C[NH2+]/C=C(\C=N)c1cnc2ccc(Cl)nc2c1. The van der Waals surface area contributed by atoms with Crippen LogP contribution < -0.4 is 5.32 Å². The number of quaternary nitrogens is 1. The molecule has 0 aliphatic heterocycles. The lowest BCUT2D eigenvalue weighted by molar-refractivity contribution is -0.575. The molecule has 2 rings (SSSR count). The lowest BCUT2D eigenvalue weighted by Gasteiger charge is -2.07. The molecular formula is C15H17ClN5O+. The Kier molecular flexibility index (Phi) is 5.19. The van der Waals surface area contributed by atoms with E-state index in [1.165, 1.54) is 11.1 Å². The lowest BCUT2D eigenvalue weighted by Crippen LogP contribution is -2.81. The van der Waals surface area contributed by atoms with E-state index in [4.69, 9.17) is 17.0 Å². The Morgan fingerprint density at radius 2 is 2.18 bits per heavy atom. The molecule has 0 atom stereocenters. The largest absolute Gasteiger partial charge is 0.344 e. The lowest BCUT2D eigenvalue weighted by atomic mass is 10.1. The number of hydrogen-bond acceptors (Lipinski definition) is 4. The summed E-state index contributed by atoms with van der Waals surface area (Å²) in [6.07, 6.45) is 4.64. The van der Waals surface area contributed by atoms with Gasteiger partial charge in [-0.1, -0.05) is 11.6 Å². The maximum atomic E-state index is 11.5. The third-order valence-corrected chi connectivity index (χ3v) is 3.29. The van der Waals surface area contributed by atoms with Crippen molar-refractivity contribution in [3.63, 3.8) is 0 Å². The predicted octanol–water partition coefficient (Wildman–Crippen LogP) is 0.925. The highest BCUT2D eigenvalue weighted by molar-refractivity contribution is 6.29. The molecular weight excluding hydrogens is 302 g/mol. The van der Waals surface area contributed by atoms with E-state index in [9.17, 15) is 4.79 Å². The molecule has 0 spiro atoms. The van der Waals surface area contributed by atoms with Crippen molar-refractivity contribution >= 4 is 40.3 Å². The second-order valence-corrected chi connectivity index (χ2v) is 5.28. The number of carbonyl (C=O) groups is 1. The molecule has 0 saturated carbocycles. The number of carbonyl (C=O) groups excluding carboxylic acids is 1. The maximum Gasteiger partial charge on any atom is 0.277 e. The van der Waals surface area contributed by atoms with Crippen LogP contribution in [0, 0.1) is 5.41 Å². The number of fused-ring (bicyclic) bond motifs is 1. The summed E-state index contributed by atoms with van der Waals surface area (Å²) >= 11 is 5.89. The highest BCUT2D eigenvalue weighted by Crippen LogP contribution is 2.18. The second-order valence-electron chi connectivity index (χ2n) is 4.89. The van der Waals surface area contributed by atoms with Crippen molar-refractivity contribution in [3.05, 3.63) is 41.3 Å². The van der Waals surface area contributed by atoms with Crippen LogP contribution in [0.1, 0.15) is 5.56 Å². The summed E-state index contributed by atoms with van der Waals surface area (Å²) in [7, 11) is 3.42. The van der Waals surface area contributed by atoms with Crippen LogP contribution in [0.15, 0.2) is 30.6 Å². The zero-order valence-electron chi connectivity index (χ0n) is 12.4. The normalized spacial score (nSPS) is 11.5. The van der Waals surface area contributed by atoms with Gasteiger partial charge in [-0.05, 0) is 18.2 Å². The number of amides is 1. The number of allylic oxidation sites excluding steroid dienone is 1. The van der Waals surface area contributed by atoms with Gasteiger partial charge in [0.2, 0.25) is 0 Å². The van der Waals surface area contributed by atoms with Crippen molar-refractivity contribution in [2.24, 2.45) is 0 Å². The Morgan fingerprint density at radius 1 is 1.41 bits per heavy atom. The van der Waals surface area contributed by atoms with Crippen LogP contribution >= 0.6 is 11.6 Å². The molecule has 7 heteroatoms. The average Bonchev–Trinajstić information content (AvgIpc) is 2.50. The molecule has 0 fully saturated rings. The smallest absolute Gasteiger partial charge is 0.277 e. The molecule has 3 N–H and O–H groups in total. The molecule has 6 nitrogen and oxygen atoms in total. The number of nitrogens with one attached hydrogen (secondary N) is 1. The predicted molar refractivity (Wildman–Crippen MR) is 86.8 cm³/mol. The highest BCUT2D eigenvalue weighted by Gasteiger charge is 2.07. The van der Waals surface area contributed by atoms with Gasteiger partial charge >= 0.3 is 0 Å². The zero-order valence-corrected chi connectivity index (χ0v) is 13.1. The molecule has 2 heterocycles. The first-order chi connectivity index (χ1) is 10.5. The molecule has 0 radical (unpaired) electrons. The van der Waals surface area contributed by atoms with Crippen molar-refractivity contribution in [2.75, 3.05) is 20.6 Å². The molecule has 114 valence electrons. The van der Waals surface area contributed by atoms with Crippen LogP contribution in [-0.2, 0) is 4.79 Å². The first kappa shape index (κ1) is 16.1. The van der Waals surface area contributed by atoms with E-state index < -0.39 is 0 Å². The summed E-state index contributed by atoms with van der Waals surface area (Å²) in [5.41, 5.74) is 2.82. The molecule has 2 aromatic rings. The van der Waals surface area contributed by atoms with Gasteiger partial charge in [0.15, 0.2) is 6.54 Å². The van der Waals surface area contributed by atoms with Crippen LogP contribution in [0.2, 0.25) is 5.15 Å². The molecule has 0 bridgehead atoms. The standard InChI is InChI=1S/C15H16ClN5O/c1-21(2)15(22)9-18-7-11(6-17)10-5-13-12(19-8-10)3-4-14(16)20-13/h3-8,17-18H,9H2,1-2H3/p+1/b11-7+,17-6?. The summed E-state index contributed by atoms with van der Waals surface area (Å²) in [5.74, 6) is 0.00525. The molecule has 0 saturated heterocycles.